The maximum absolute atomic E-state index is 9.33. The largest absolute Gasteiger partial charge is 0.390 e. The average Bonchev–Trinajstić information content (AvgIpc) is 2.07. The molecule has 5 N–H and O–H groups in total. The summed E-state index contributed by atoms with van der Waals surface area (Å²) in [6.07, 6.45) is 1.16. The molecule has 0 heterocycles. The maximum Gasteiger partial charge on any atom is 0.0813 e. The maximum atomic E-state index is 9.33. The number of hydrogen-bond acceptors (Lipinski definition) is 4. The Labute approximate surface area is 72.8 Å². The Kier molecular flexibility index (Phi) is 3.94. The average molecular weight is 174 g/mol. The van der Waals surface area contributed by atoms with E-state index in [1.165, 1.54) is 0 Å². The topological polar surface area (TPSA) is 78.5 Å². The summed E-state index contributed by atoms with van der Waals surface area (Å²) < 4.78 is 0. The molecule has 1 aliphatic rings. The van der Waals surface area contributed by atoms with E-state index in [1.807, 2.05) is 0 Å². The number of nitrogens with two attached hydrogens (primary N) is 1. The predicted molar refractivity (Wildman–Crippen MR) is 46.7 cm³/mol. The van der Waals surface area contributed by atoms with Gasteiger partial charge in [0.15, 0.2) is 0 Å². The second kappa shape index (κ2) is 4.77. The van der Waals surface area contributed by atoms with Gasteiger partial charge in [0.2, 0.25) is 0 Å². The Hall–Kier alpha value is -0.160. The van der Waals surface area contributed by atoms with Crippen molar-refractivity contribution in [1.82, 2.24) is 5.32 Å². The summed E-state index contributed by atoms with van der Waals surface area (Å²) >= 11 is 0. The van der Waals surface area contributed by atoms with E-state index in [9.17, 15) is 10.2 Å². The van der Waals surface area contributed by atoms with Gasteiger partial charge in [-0.2, -0.15) is 0 Å². The molecule has 0 aromatic carbocycles. The van der Waals surface area contributed by atoms with E-state index in [1.54, 1.807) is 0 Å². The Balaban J connectivity index is 2.21. The third kappa shape index (κ3) is 2.71. The Morgan fingerprint density at radius 2 is 2.00 bits per heavy atom. The molecule has 0 aromatic rings. The van der Waals surface area contributed by atoms with Crippen LogP contribution in [0, 0.1) is 0 Å². The molecule has 1 rings (SSSR count). The van der Waals surface area contributed by atoms with Gasteiger partial charge < -0.3 is 21.3 Å². The van der Waals surface area contributed by atoms with E-state index in [-0.39, 0.29) is 0 Å². The van der Waals surface area contributed by atoms with Gasteiger partial charge in [-0.15, -0.1) is 0 Å². The van der Waals surface area contributed by atoms with Crippen LogP contribution in [-0.2, 0) is 0 Å². The number of aliphatic hydroxyl groups is 2. The quantitative estimate of drug-likeness (QED) is 0.434. The van der Waals surface area contributed by atoms with Crippen molar-refractivity contribution in [2.24, 2.45) is 5.73 Å². The highest BCUT2D eigenvalue weighted by molar-refractivity contribution is 4.82. The van der Waals surface area contributed by atoms with Crippen LogP contribution >= 0.6 is 0 Å². The molecule has 0 bridgehead atoms. The minimum absolute atomic E-state index is 0.326. The van der Waals surface area contributed by atoms with Gasteiger partial charge in [0.05, 0.1) is 12.2 Å². The molecule has 0 aromatic heterocycles. The zero-order valence-corrected chi connectivity index (χ0v) is 7.24. The van der Waals surface area contributed by atoms with Crippen LogP contribution < -0.4 is 11.1 Å². The van der Waals surface area contributed by atoms with Crippen molar-refractivity contribution in [3.05, 3.63) is 0 Å². The zero-order valence-electron chi connectivity index (χ0n) is 7.24. The van der Waals surface area contributed by atoms with Gasteiger partial charge in [0.1, 0.15) is 0 Å². The third-order valence-corrected chi connectivity index (χ3v) is 2.36. The highest BCUT2D eigenvalue weighted by Crippen LogP contribution is 2.18. The van der Waals surface area contributed by atoms with E-state index < -0.39 is 12.2 Å². The van der Waals surface area contributed by atoms with Crippen molar-refractivity contribution < 1.29 is 10.2 Å². The minimum atomic E-state index is -0.561. The fourth-order valence-electron chi connectivity index (χ4n) is 1.60. The minimum Gasteiger partial charge on any atom is -0.390 e. The molecular formula is C8H18N2O2. The highest BCUT2D eigenvalue weighted by Gasteiger charge is 2.26. The summed E-state index contributed by atoms with van der Waals surface area (Å²) in [6, 6.07) is 0.326. The van der Waals surface area contributed by atoms with Crippen LogP contribution in [0.4, 0.5) is 0 Å². The summed E-state index contributed by atoms with van der Waals surface area (Å²) in [5, 5.41) is 21.8. The number of hydrogen-bond donors (Lipinski definition) is 4. The van der Waals surface area contributed by atoms with Gasteiger partial charge in [-0.1, -0.05) is 0 Å². The molecule has 1 saturated carbocycles. The van der Waals surface area contributed by atoms with Crippen molar-refractivity contribution in [2.45, 2.75) is 37.5 Å². The fourth-order valence-corrected chi connectivity index (χ4v) is 1.60. The summed E-state index contributed by atoms with van der Waals surface area (Å²) in [6.45, 7) is 1.41. The lowest BCUT2D eigenvalue weighted by atomic mass is 9.90. The van der Waals surface area contributed by atoms with E-state index >= 15 is 0 Å². The summed E-state index contributed by atoms with van der Waals surface area (Å²) in [7, 11) is 0. The molecule has 0 amide bonds. The van der Waals surface area contributed by atoms with Crippen LogP contribution in [0.25, 0.3) is 0 Å². The second-order valence-corrected chi connectivity index (χ2v) is 3.39. The third-order valence-electron chi connectivity index (χ3n) is 2.36. The second-order valence-electron chi connectivity index (χ2n) is 3.39. The first kappa shape index (κ1) is 9.92. The van der Waals surface area contributed by atoms with Gasteiger partial charge in [0, 0.05) is 19.1 Å². The molecule has 0 saturated heterocycles. The van der Waals surface area contributed by atoms with Crippen molar-refractivity contribution in [2.75, 3.05) is 13.1 Å². The van der Waals surface area contributed by atoms with Crippen molar-refractivity contribution in [3.63, 3.8) is 0 Å². The lowest BCUT2D eigenvalue weighted by molar-refractivity contribution is -0.0179. The molecule has 4 nitrogen and oxygen atoms in total. The van der Waals surface area contributed by atoms with E-state index in [4.69, 9.17) is 5.73 Å². The normalized spacial score (nSPS) is 36.8. The van der Waals surface area contributed by atoms with E-state index in [0.717, 1.165) is 13.0 Å². The molecule has 1 fully saturated rings. The van der Waals surface area contributed by atoms with Crippen LogP contribution in [0.2, 0.25) is 0 Å². The highest BCUT2D eigenvalue weighted by atomic mass is 16.3. The smallest absolute Gasteiger partial charge is 0.0813 e. The molecule has 3 atom stereocenters. The lowest BCUT2D eigenvalue weighted by Crippen LogP contribution is -2.43. The van der Waals surface area contributed by atoms with E-state index in [0.29, 0.717) is 25.4 Å². The number of nitrogens with one attached hydrogen (secondary N) is 1. The van der Waals surface area contributed by atoms with Crippen LogP contribution in [0.15, 0.2) is 0 Å². The first-order valence-electron chi connectivity index (χ1n) is 4.53. The monoisotopic (exact) mass is 174 g/mol. The van der Waals surface area contributed by atoms with Gasteiger partial charge in [-0.3, -0.25) is 0 Å². The van der Waals surface area contributed by atoms with Gasteiger partial charge in [-0.25, -0.2) is 0 Å². The molecule has 4 heteroatoms. The molecular weight excluding hydrogens is 156 g/mol. The standard InChI is InChI=1S/C8H18N2O2/c9-3-4-10-6-1-2-7(11)8(12)5-6/h6-8,10-12H,1-5,9H2. The van der Waals surface area contributed by atoms with Crippen LogP contribution in [0.5, 0.6) is 0 Å². The first-order chi connectivity index (χ1) is 5.74. The molecule has 0 aliphatic heterocycles. The Bertz CT molecular complexity index is 130. The first-order valence-corrected chi connectivity index (χ1v) is 4.53. The Morgan fingerprint density at radius 3 is 2.58 bits per heavy atom. The van der Waals surface area contributed by atoms with Crippen LogP contribution in [0.1, 0.15) is 19.3 Å². The van der Waals surface area contributed by atoms with E-state index in [2.05, 4.69) is 5.32 Å². The molecule has 0 radical (unpaired) electrons. The number of rotatable bonds is 3. The Morgan fingerprint density at radius 1 is 1.25 bits per heavy atom. The van der Waals surface area contributed by atoms with Crippen LogP contribution in [-0.4, -0.2) is 41.6 Å². The lowest BCUT2D eigenvalue weighted by Gasteiger charge is -2.30. The summed E-state index contributed by atoms with van der Waals surface area (Å²) in [5.74, 6) is 0. The van der Waals surface area contributed by atoms with Crippen LogP contribution in [0.3, 0.4) is 0 Å². The molecule has 12 heavy (non-hydrogen) atoms. The molecule has 1 aliphatic carbocycles. The van der Waals surface area contributed by atoms with Gasteiger partial charge in [0.25, 0.3) is 0 Å². The number of aliphatic hydroxyl groups excluding tert-OH is 2. The van der Waals surface area contributed by atoms with Crippen molar-refractivity contribution >= 4 is 0 Å². The molecule has 3 unspecified atom stereocenters. The van der Waals surface area contributed by atoms with Crippen molar-refractivity contribution in [1.29, 1.82) is 0 Å². The summed E-state index contributed by atoms with van der Waals surface area (Å²) in [5.41, 5.74) is 5.33. The molecule has 72 valence electrons. The predicted octanol–water partition coefficient (Wildman–Crippen LogP) is -1.19. The zero-order chi connectivity index (χ0) is 8.97. The fraction of sp³-hybridized carbons (Fsp3) is 1.00. The SMILES string of the molecule is NCCNC1CCC(O)C(O)C1. The molecule has 0 spiro atoms. The van der Waals surface area contributed by atoms with Gasteiger partial charge >= 0.3 is 0 Å². The van der Waals surface area contributed by atoms with Crippen molar-refractivity contribution in [3.8, 4) is 0 Å². The summed E-state index contributed by atoms with van der Waals surface area (Å²) in [4.78, 5) is 0. The van der Waals surface area contributed by atoms with Gasteiger partial charge in [-0.05, 0) is 19.3 Å².